The second-order valence-corrected chi connectivity index (χ2v) is 6.59. The molecule has 0 aromatic heterocycles. The molecule has 1 aromatic carbocycles. The van der Waals surface area contributed by atoms with Crippen molar-refractivity contribution >= 4 is 10.0 Å². The van der Waals surface area contributed by atoms with E-state index in [1.807, 2.05) is 0 Å². The van der Waals surface area contributed by atoms with Gasteiger partial charge in [-0.25, -0.2) is 12.8 Å². The molecule has 1 rings (SSSR count). The fourth-order valence-corrected chi connectivity index (χ4v) is 3.43. The summed E-state index contributed by atoms with van der Waals surface area (Å²) in [6.07, 6.45) is 0. The van der Waals surface area contributed by atoms with Crippen molar-refractivity contribution in [2.75, 3.05) is 20.1 Å². The first-order chi connectivity index (χ1) is 9.32. The van der Waals surface area contributed by atoms with E-state index in [1.54, 1.807) is 27.0 Å². The third-order valence-electron chi connectivity index (χ3n) is 2.79. The molecule has 0 aliphatic rings. The third-order valence-corrected chi connectivity index (χ3v) is 4.75. The van der Waals surface area contributed by atoms with Gasteiger partial charge >= 0.3 is 0 Å². The first-order valence-electron chi connectivity index (χ1n) is 6.40. The van der Waals surface area contributed by atoms with Gasteiger partial charge in [0.05, 0.1) is 0 Å². The molecule has 1 aromatic rings. The summed E-state index contributed by atoms with van der Waals surface area (Å²) in [4.78, 5) is -0.291. The van der Waals surface area contributed by atoms with Gasteiger partial charge < -0.3 is 5.32 Å². The highest BCUT2D eigenvalue weighted by molar-refractivity contribution is 7.89. The van der Waals surface area contributed by atoms with Crippen LogP contribution in [0.25, 0.3) is 0 Å². The predicted octanol–water partition coefficient (Wildman–Crippen LogP) is 2.13. The molecule has 0 heterocycles. The van der Waals surface area contributed by atoms with Gasteiger partial charge in [0.25, 0.3) is 0 Å². The van der Waals surface area contributed by atoms with Crippen LogP contribution in [-0.4, -0.2) is 32.9 Å². The van der Waals surface area contributed by atoms with E-state index in [4.69, 9.17) is 0 Å². The van der Waals surface area contributed by atoms with Crippen molar-refractivity contribution in [3.05, 3.63) is 41.7 Å². The Balaban J connectivity index is 3.17. The molecule has 0 unspecified atom stereocenters. The Kier molecular flexibility index (Phi) is 5.86. The molecule has 0 saturated carbocycles. The van der Waals surface area contributed by atoms with Crippen molar-refractivity contribution in [2.45, 2.75) is 25.3 Å². The molecule has 0 atom stereocenters. The number of nitrogens with one attached hydrogen (secondary N) is 1. The lowest BCUT2D eigenvalue weighted by atomic mass is 10.2. The topological polar surface area (TPSA) is 49.4 Å². The highest BCUT2D eigenvalue weighted by atomic mass is 32.2. The van der Waals surface area contributed by atoms with E-state index in [0.29, 0.717) is 17.7 Å². The Morgan fingerprint density at radius 1 is 1.45 bits per heavy atom. The first kappa shape index (κ1) is 16.8. The minimum absolute atomic E-state index is 0.191. The van der Waals surface area contributed by atoms with Crippen molar-refractivity contribution in [1.82, 2.24) is 9.62 Å². The van der Waals surface area contributed by atoms with E-state index < -0.39 is 15.8 Å². The SMILES string of the molecule is C=C(C)CN(CC)S(=O)(=O)c1ccc(CNC)cc1F. The summed E-state index contributed by atoms with van der Waals surface area (Å²) < 4.78 is 40.1. The number of nitrogens with zero attached hydrogens (tertiary/aromatic N) is 1. The van der Waals surface area contributed by atoms with E-state index >= 15 is 0 Å². The minimum Gasteiger partial charge on any atom is -0.316 e. The van der Waals surface area contributed by atoms with E-state index in [0.717, 1.165) is 0 Å². The summed E-state index contributed by atoms with van der Waals surface area (Å²) in [5.41, 5.74) is 1.41. The van der Waals surface area contributed by atoms with Crippen LogP contribution in [0, 0.1) is 5.82 Å². The zero-order valence-corrected chi connectivity index (χ0v) is 12.9. The Hall–Kier alpha value is -1.24. The predicted molar refractivity (Wildman–Crippen MR) is 78.4 cm³/mol. The molecular formula is C14H21FN2O2S. The maximum Gasteiger partial charge on any atom is 0.246 e. The van der Waals surface area contributed by atoms with Gasteiger partial charge in [-0.2, -0.15) is 4.31 Å². The largest absolute Gasteiger partial charge is 0.316 e. The molecule has 20 heavy (non-hydrogen) atoms. The maximum absolute atomic E-state index is 14.0. The average molecular weight is 300 g/mol. The van der Waals surface area contributed by atoms with Gasteiger partial charge in [-0.05, 0) is 31.7 Å². The molecular weight excluding hydrogens is 279 g/mol. The van der Waals surface area contributed by atoms with Crippen LogP contribution < -0.4 is 5.32 Å². The lowest BCUT2D eigenvalue weighted by Gasteiger charge is -2.21. The van der Waals surface area contributed by atoms with Gasteiger partial charge in [0, 0.05) is 19.6 Å². The molecule has 0 fully saturated rings. The quantitative estimate of drug-likeness (QED) is 0.785. The number of sulfonamides is 1. The summed E-state index contributed by atoms with van der Waals surface area (Å²) in [5.74, 6) is -0.724. The van der Waals surface area contributed by atoms with Gasteiger partial charge in [-0.15, -0.1) is 0 Å². The van der Waals surface area contributed by atoms with Crippen LogP contribution in [0.1, 0.15) is 19.4 Å². The fourth-order valence-electron chi connectivity index (χ4n) is 1.87. The molecule has 0 spiro atoms. The third kappa shape index (κ3) is 3.88. The Labute approximate surface area is 120 Å². The van der Waals surface area contributed by atoms with Crippen LogP contribution in [0.3, 0.4) is 0 Å². The normalized spacial score (nSPS) is 11.8. The number of hydrogen-bond donors (Lipinski definition) is 1. The highest BCUT2D eigenvalue weighted by Gasteiger charge is 2.26. The standard InChI is InChI=1S/C14H21FN2O2S/c1-5-17(10-11(2)3)20(18,19)14-7-6-12(9-16-4)8-13(14)15/h6-8,16H,2,5,9-10H2,1,3-4H3. The van der Waals surface area contributed by atoms with Crippen molar-refractivity contribution in [3.63, 3.8) is 0 Å². The van der Waals surface area contributed by atoms with Crippen LogP contribution in [0.2, 0.25) is 0 Å². The smallest absolute Gasteiger partial charge is 0.246 e. The van der Waals surface area contributed by atoms with Crippen molar-refractivity contribution in [2.24, 2.45) is 0 Å². The molecule has 0 amide bonds. The summed E-state index contributed by atoms with van der Waals surface area (Å²) >= 11 is 0. The minimum atomic E-state index is -3.83. The van der Waals surface area contributed by atoms with Crippen molar-refractivity contribution in [3.8, 4) is 0 Å². The monoisotopic (exact) mass is 300 g/mol. The van der Waals surface area contributed by atoms with E-state index in [1.165, 1.54) is 16.4 Å². The van der Waals surface area contributed by atoms with Crippen LogP contribution >= 0.6 is 0 Å². The van der Waals surface area contributed by atoms with Crippen LogP contribution in [-0.2, 0) is 16.6 Å². The van der Waals surface area contributed by atoms with Crippen molar-refractivity contribution < 1.29 is 12.8 Å². The van der Waals surface area contributed by atoms with E-state index in [2.05, 4.69) is 11.9 Å². The molecule has 4 nitrogen and oxygen atoms in total. The molecule has 0 radical (unpaired) electrons. The Bertz CT molecular complexity index is 585. The number of benzene rings is 1. The zero-order chi connectivity index (χ0) is 15.3. The molecule has 6 heteroatoms. The average Bonchev–Trinajstić information content (AvgIpc) is 2.35. The van der Waals surface area contributed by atoms with Gasteiger partial charge in [0.2, 0.25) is 10.0 Å². The first-order valence-corrected chi connectivity index (χ1v) is 7.84. The second kappa shape index (κ2) is 6.97. The van der Waals surface area contributed by atoms with E-state index in [9.17, 15) is 12.8 Å². The number of halogens is 1. The van der Waals surface area contributed by atoms with Gasteiger partial charge in [-0.1, -0.05) is 25.1 Å². The summed E-state index contributed by atoms with van der Waals surface area (Å²) in [6.45, 7) is 8.11. The van der Waals surface area contributed by atoms with Crippen LogP contribution in [0.15, 0.2) is 35.2 Å². The summed E-state index contributed by atoms with van der Waals surface area (Å²) in [6, 6.07) is 4.18. The summed E-state index contributed by atoms with van der Waals surface area (Å²) in [7, 11) is -2.09. The van der Waals surface area contributed by atoms with Gasteiger partial charge in [0.15, 0.2) is 0 Å². The van der Waals surface area contributed by atoms with Crippen LogP contribution in [0.4, 0.5) is 4.39 Å². The maximum atomic E-state index is 14.0. The van der Waals surface area contributed by atoms with Crippen LogP contribution in [0.5, 0.6) is 0 Å². The fraction of sp³-hybridized carbons (Fsp3) is 0.429. The molecule has 0 aliphatic heterocycles. The number of rotatable bonds is 7. The summed E-state index contributed by atoms with van der Waals surface area (Å²) in [5, 5.41) is 2.89. The van der Waals surface area contributed by atoms with E-state index in [-0.39, 0.29) is 18.0 Å². The van der Waals surface area contributed by atoms with Gasteiger partial charge in [0.1, 0.15) is 10.7 Å². The number of likely N-dealkylation sites (N-methyl/N-ethyl adjacent to an activating group) is 1. The second-order valence-electron chi connectivity index (χ2n) is 4.68. The number of hydrogen-bond acceptors (Lipinski definition) is 3. The molecule has 0 aliphatic carbocycles. The Morgan fingerprint density at radius 2 is 2.10 bits per heavy atom. The van der Waals surface area contributed by atoms with Crippen molar-refractivity contribution in [1.29, 1.82) is 0 Å². The molecule has 0 saturated heterocycles. The highest BCUT2D eigenvalue weighted by Crippen LogP contribution is 2.21. The molecule has 112 valence electrons. The lowest BCUT2D eigenvalue weighted by Crippen LogP contribution is -2.32. The molecule has 0 bridgehead atoms. The Morgan fingerprint density at radius 3 is 2.55 bits per heavy atom. The lowest BCUT2D eigenvalue weighted by molar-refractivity contribution is 0.447. The van der Waals surface area contributed by atoms with Gasteiger partial charge in [-0.3, -0.25) is 0 Å². The molecule has 1 N–H and O–H groups in total. The zero-order valence-electron chi connectivity index (χ0n) is 12.1.